The average Bonchev–Trinajstić information content (AvgIpc) is 3.35. The highest BCUT2D eigenvalue weighted by atomic mass is 16.3. The quantitative estimate of drug-likeness (QED) is 0.304. The van der Waals surface area contributed by atoms with E-state index in [2.05, 4.69) is 34.2 Å². The Morgan fingerprint density at radius 1 is 0.935 bits per heavy atom. The van der Waals surface area contributed by atoms with Crippen LogP contribution in [0.2, 0.25) is 0 Å². The fourth-order valence-electron chi connectivity index (χ4n) is 4.01. The van der Waals surface area contributed by atoms with Crippen LogP contribution in [0.25, 0.3) is 27.4 Å². The number of amides is 1. The molecule has 2 heterocycles. The molecule has 0 atom stereocenters. The van der Waals surface area contributed by atoms with Gasteiger partial charge in [-0.05, 0) is 55.0 Å². The van der Waals surface area contributed by atoms with E-state index >= 15 is 0 Å². The third kappa shape index (κ3) is 3.40. The SMILES string of the molecule is Cc1cc(/C=N/NC(=O)c2cc3c(ccc4ccccc43)o2)c(C)n1-c1ccccc1. The van der Waals surface area contributed by atoms with E-state index in [9.17, 15) is 4.79 Å². The van der Waals surface area contributed by atoms with Gasteiger partial charge in [-0.2, -0.15) is 5.10 Å². The Balaban J connectivity index is 1.38. The molecule has 0 bridgehead atoms. The lowest BCUT2D eigenvalue weighted by atomic mass is 10.1. The van der Waals surface area contributed by atoms with Crippen LogP contribution in [0.15, 0.2) is 88.4 Å². The van der Waals surface area contributed by atoms with E-state index < -0.39 is 0 Å². The van der Waals surface area contributed by atoms with E-state index in [1.807, 2.05) is 67.6 Å². The number of aromatic nitrogens is 1. The molecule has 1 amide bonds. The summed E-state index contributed by atoms with van der Waals surface area (Å²) in [5.74, 6) is -0.147. The van der Waals surface area contributed by atoms with E-state index in [4.69, 9.17) is 4.42 Å². The maximum atomic E-state index is 12.6. The number of aryl methyl sites for hydroxylation is 1. The molecule has 1 N–H and O–H groups in total. The molecule has 5 aromatic rings. The lowest BCUT2D eigenvalue weighted by molar-refractivity contribution is 0.0929. The molecule has 0 fully saturated rings. The van der Waals surface area contributed by atoms with Gasteiger partial charge in [0.25, 0.3) is 0 Å². The number of para-hydroxylation sites is 1. The number of rotatable bonds is 4. The number of nitrogens with zero attached hydrogens (tertiary/aromatic N) is 2. The predicted molar refractivity (Wildman–Crippen MR) is 124 cm³/mol. The standard InChI is InChI=1S/C26H21N3O2/c1-17-14-20(18(2)29(17)21-9-4-3-5-10-21)16-27-28-26(30)25-15-23-22-11-7-6-8-19(22)12-13-24(23)31-25/h3-16H,1-2H3,(H,28,30)/b27-16+. The molecule has 5 nitrogen and oxygen atoms in total. The Bertz CT molecular complexity index is 1440. The molecule has 0 saturated carbocycles. The molecule has 5 heteroatoms. The summed E-state index contributed by atoms with van der Waals surface area (Å²) in [6.07, 6.45) is 1.66. The molecule has 3 aromatic carbocycles. The van der Waals surface area contributed by atoms with Crippen molar-refractivity contribution < 1.29 is 9.21 Å². The Morgan fingerprint density at radius 2 is 1.71 bits per heavy atom. The van der Waals surface area contributed by atoms with Crippen LogP contribution in [0.5, 0.6) is 0 Å². The Morgan fingerprint density at radius 3 is 2.55 bits per heavy atom. The van der Waals surface area contributed by atoms with Crippen molar-refractivity contribution in [3.05, 3.63) is 102 Å². The number of carbonyl (C=O) groups is 1. The molecule has 0 spiro atoms. The summed E-state index contributed by atoms with van der Waals surface area (Å²) in [4.78, 5) is 12.6. The third-order valence-electron chi connectivity index (χ3n) is 5.50. The zero-order valence-corrected chi connectivity index (χ0v) is 17.3. The lowest BCUT2D eigenvalue weighted by Gasteiger charge is -2.08. The summed E-state index contributed by atoms with van der Waals surface area (Å²) >= 11 is 0. The monoisotopic (exact) mass is 407 g/mol. The molecule has 2 aromatic heterocycles. The van der Waals surface area contributed by atoms with Gasteiger partial charge in [-0.3, -0.25) is 4.79 Å². The highest BCUT2D eigenvalue weighted by molar-refractivity contribution is 6.08. The molecule has 0 radical (unpaired) electrons. The first kappa shape index (κ1) is 18.9. The zero-order chi connectivity index (χ0) is 21.4. The predicted octanol–water partition coefficient (Wildman–Crippen LogP) is 5.76. The molecule has 5 rings (SSSR count). The van der Waals surface area contributed by atoms with Gasteiger partial charge in [0, 0.05) is 28.0 Å². The van der Waals surface area contributed by atoms with Gasteiger partial charge in [0.05, 0.1) is 6.21 Å². The van der Waals surface area contributed by atoms with Crippen molar-refractivity contribution >= 4 is 33.9 Å². The lowest BCUT2D eigenvalue weighted by Crippen LogP contribution is -2.16. The number of nitrogens with one attached hydrogen (secondary N) is 1. The van der Waals surface area contributed by atoms with Crippen LogP contribution in [0.4, 0.5) is 0 Å². The minimum Gasteiger partial charge on any atom is -0.451 e. The van der Waals surface area contributed by atoms with Crippen molar-refractivity contribution in [1.29, 1.82) is 0 Å². The minimum absolute atomic E-state index is 0.235. The van der Waals surface area contributed by atoms with Gasteiger partial charge in [0.1, 0.15) is 5.58 Å². The van der Waals surface area contributed by atoms with Crippen molar-refractivity contribution in [1.82, 2.24) is 9.99 Å². The van der Waals surface area contributed by atoms with Crippen LogP contribution in [0.3, 0.4) is 0 Å². The van der Waals surface area contributed by atoms with Crippen molar-refractivity contribution in [2.45, 2.75) is 13.8 Å². The Labute approximate surface area is 179 Å². The van der Waals surface area contributed by atoms with Crippen molar-refractivity contribution in [3.8, 4) is 5.69 Å². The van der Waals surface area contributed by atoms with E-state index in [0.717, 1.165) is 38.8 Å². The number of hydrogen-bond acceptors (Lipinski definition) is 3. The number of carbonyl (C=O) groups excluding carboxylic acids is 1. The summed E-state index contributed by atoms with van der Waals surface area (Å²) in [6.45, 7) is 4.09. The first-order valence-electron chi connectivity index (χ1n) is 10.1. The molecule has 0 unspecified atom stereocenters. The summed E-state index contributed by atoms with van der Waals surface area (Å²) in [5.41, 5.74) is 7.45. The minimum atomic E-state index is -0.381. The second-order valence-corrected chi connectivity index (χ2v) is 7.51. The molecule has 0 saturated heterocycles. The zero-order valence-electron chi connectivity index (χ0n) is 17.3. The van der Waals surface area contributed by atoms with E-state index in [-0.39, 0.29) is 11.7 Å². The van der Waals surface area contributed by atoms with Crippen LogP contribution in [0.1, 0.15) is 27.5 Å². The summed E-state index contributed by atoms with van der Waals surface area (Å²) in [6, 6.07) is 25.9. The molecule has 152 valence electrons. The van der Waals surface area contributed by atoms with Crippen LogP contribution in [-0.2, 0) is 0 Å². The van der Waals surface area contributed by atoms with Crippen LogP contribution >= 0.6 is 0 Å². The smallest absolute Gasteiger partial charge is 0.307 e. The highest BCUT2D eigenvalue weighted by Gasteiger charge is 2.14. The van der Waals surface area contributed by atoms with Crippen LogP contribution in [0, 0.1) is 13.8 Å². The molecule has 0 aliphatic heterocycles. The average molecular weight is 407 g/mol. The molecule has 0 aliphatic rings. The Hall–Kier alpha value is -4.12. The fraction of sp³-hybridized carbons (Fsp3) is 0.0769. The van der Waals surface area contributed by atoms with Crippen molar-refractivity contribution in [3.63, 3.8) is 0 Å². The van der Waals surface area contributed by atoms with Gasteiger partial charge >= 0.3 is 5.91 Å². The number of furan rings is 1. The summed E-state index contributed by atoms with van der Waals surface area (Å²) < 4.78 is 7.92. The van der Waals surface area contributed by atoms with Gasteiger partial charge < -0.3 is 8.98 Å². The second kappa shape index (κ2) is 7.61. The summed E-state index contributed by atoms with van der Waals surface area (Å²) in [7, 11) is 0. The van der Waals surface area contributed by atoms with Gasteiger partial charge in [0.15, 0.2) is 5.76 Å². The third-order valence-corrected chi connectivity index (χ3v) is 5.50. The van der Waals surface area contributed by atoms with Crippen molar-refractivity contribution in [2.75, 3.05) is 0 Å². The molecule has 0 aliphatic carbocycles. The largest absolute Gasteiger partial charge is 0.451 e. The number of fused-ring (bicyclic) bond motifs is 3. The number of benzene rings is 3. The second-order valence-electron chi connectivity index (χ2n) is 7.51. The maximum Gasteiger partial charge on any atom is 0.307 e. The fourth-order valence-corrected chi connectivity index (χ4v) is 4.01. The maximum absolute atomic E-state index is 12.6. The van der Waals surface area contributed by atoms with E-state index in [1.54, 1.807) is 12.3 Å². The van der Waals surface area contributed by atoms with Gasteiger partial charge in [-0.1, -0.05) is 48.5 Å². The first-order valence-corrected chi connectivity index (χ1v) is 10.1. The normalized spacial score (nSPS) is 11.5. The van der Waals surface area contributed by atoms with Crippen molar-refractivity contribution in [2.24, 2.45) is 5.10 Å². The molecular weight excluding hydrogens is 386 g/mol. The van der Waals surface area contributed by atoms with Gasteiger partial charge in [-0.15, -0.1) is 0 Å². The van der Waals surface area contributed by atoms with Crippen LogP contribution < -0.4 is 5.43 Å². The van der Waals surface area contributed by atoms with E-state index in [1.165, 1.54) is 0 Å². The highest BCUT2D eigenvalue weighted by Crippen LogP contribution is 2.28. The first-order chi connectivity index (χ1) is 15.1. The Kier molecular flexibility index (Phi) is 4.64. The topological polar surface area (TPSA) is 59.5 Å². The molecular formula is C26H21N3O2. The number of hydrazone groups is 1. The molecule has 31 heavy (non-hydrogen) atoms. The van der Waals surface area contributed by atoms with Gasteiger partial charge in [-0.25, -0.2) is 5.43 Å². The van der Waals surface area contributed by atoms with Gasteiger partial charge in [0.2, 0.25) is 0 Å². The number of hydrogen-bond donors (Lipinski definition) is 1. The van der Waals surface area contributed by atoms with E-state index in [0.29, 0.717) is 5.58 Å². The summed E-state index contributed by atoms with van der Waals surface area (Å²) in [5, 5.41) is 7.24. The van der Waals surface area contributed by atoms with Crippen LogP contribution in [-0.4, -0.2) is 16.7 Å².